The van der Waals surface area contributed by atoms with Crippen LogP contribution in [0.25, 0.3) is 11.3 Å². The molecule has 0 bridgehead atoms. The Balaban J connectivity index is 1.82. The highest BCUT2D eigenvalue weighted by Gasteiger charge is 2.08. The molecule has 0 radical (unpaired) electrons. The number of rotatable bonds is 8. The summed E-state index contributed by atoms with van der Waals surface area (Å²) in [6.07, 6.45) is 0.967. The zero-order valence-electron chi connectivity index (χ0n) is 11.7. The average Bonchev–Trinajstić information content (AvgIpc) is 2.92. The molecule has 0 aliphatic carbocycles. The van der Waals surface area contributed by atoms with Gasteiger partial charge in [-0.05, 0) is 44.2 Å². The molecule has 1 N–H and O–H groups in total. The number of hydrogen-bond acceptors (Lipinski definition) is 3. The SMILES string of the molecule is CCOCCCNCc1ccc(-c2ccccc2F)o1. The lowest BCUT2D eigenvalue weighted by molar-refractivity contribution is 0.144. The summed E-state index contributed by atoms with van der Waals surface area (Å²) in [7, 11) is 0. The van der Waals surface area contributed by atoms with Gasteiger partial charge in [-0.25, -0.2) is 4.39 Å². The number of halogens is 1. The zero-order valence-corrected chi connectivity index (χ0v) is 11.7. The van der Waals surface area contributed by atoms with Crippen LogP contribution in [0.15, 0.2) is 40.8 Å². The molecule has 4 heteroatoms. The van der Waals surface area contributed by atoms with Gasteiger partial charge in [-0.1, -0.05) is 12.1 Å². The van der Waals surface area contributed by atoms with Crippen molar-refractivity contribution in [3.05, 3.63) is 48.0 Å². The summed E-state index contributed by atoms with van der Waals surface area (Å²) in [5, 5.41) is 3.27. The molecule has 0 atom stereocenters. The molecule has 3 nitrogen and oxygen atoms in total. The molecule has 2 rings (SSSR count). The Morgan fingerprint density at radius 3 is 2.85 bits per heavy atom. The monoisotopic (exact) mass is 277 g/mol. The number of ether oxygens (including phenoxy) is 1. The first-order valence-corrected chi connectivity index (χ1v) is 6.93. The summed E-state index contributed by atoms with van der Waals surface area (Å²) in [6, 6.07) is 10.3. The molecule has 1 heterocycles. The molecule has 20 heavy (non-hydrogen) atoms. The van der Waals surface area contributed by atoms with Crippen LogP contribution in [0.4, 0.5) is 4.39 Å². The Labute approximate surface area is 118 Å². The summed E-state index contributed by atoms with van der Waals surface area (Å²) < 4.78 is 24.5. The minimum absolute atomic E-state index is 0.266. The van der Waals surface area contributed by atoms with Gasteiger partial charge in [0.15, 0.2) is 0 Å². The molecule has 0 amide bonds. The van der Waals surface area contributed by atoms with Gasteiger partial charge in [0.1, 0.15) is 17.3 Å². The standard InChI is InChI=1S/C16H20FNO2/c1-2-19-11-5-10-18-12-13-8-9-16(20-13)14-6-3-4-7-15(14)17/h3-4,6-9,18H,2,5,10-12H2,1H3. The van der Waals surface area contributed by atoms with Crippen LogP contribution >= 0.6 is 0 Å². The summed E-state index contributed by atoms with van der Waals surface area (Å²) in [6.45, 7) is 5.02. The van der Waals surface area contributed by atoms with Gasteiger partial charge in [0.05, 0.1) is 12.1 Å². The smallest absolute Gasteiger partial charge is 0.137 e. The highest BCUT2D eigenvalue weighted by Crippen LogP contribution is 2.24. The third kappa shape index (κ3) is 4.18. The highest BCUT2D eigenvalue weighted by atomic mass is 19.1. The van der Waals surface area contributed by atoms with Crippen LogP contribution in [0.2, 0.25) is 0 Å². The van der Waals surface area contributed by atoms with E-state index in [1.165, 1.54) is 6.07 Å². The molecule has 0 saturated carbocycles. The zero-order chi connectivity index (χ0) is 14.2. The van der Waals surface area contributed by atoms with Crippen molar-refractivity contribution in [2.75, 3.05) is 19.8 Å². The topological polar surface area (TPSA) is 34.4 Å². The summed E-state index contributed by atoms with van der Waals surface area (Å²) >= 11 is 0. The Bertz CT molecular complexity index is 525. The first-order valence-electron chi connectivity index (χ1n) is 6.93. The molecule has 0 unspecified atom stereocenters. The van der Waals surface area contributed by atoms with Crippen molar-refractivity contribution in [2.24, 2.45) is 0 Å². The average molecular weight is 277 g/mol. The maximum Gasteiger partial charge on any atom is 0.137 e. The van der Waals surface area contributed by atoms with E-state index in [1.807, 2.05) is 13.0 Å². The van der Waals surface area contributed by atoms with Crippen LogP contribution in [-0.4, -0.2) is 19.8 Å². The van der Waals surface area contributed by atoms with E-state index in [1.54, 1.807) is 24.3 Å². The van der Waals surface area contributed by atoms with E-state index in [4.69, 9.17) is 9.15 Å². The van der Waals surface area contributed by atoms with Crippen molar-refractivity contribution in [3.63, 3.8) is 0 Å². The van der Waals surface area contributed by atoms with Crippen LogP contribution in [0.1, 0.15) is 19.1 Å². The fourth-order valence-electron chi connectivity index (χ4n) is 1.93. The van der Waals surface area contributed by atoms with Crippen molar-refractivity contribution in [3.8, 4) is 11.3 Å². The van der Waals surface area contributed by atoms with E-state index >= 15 is 0 Å². The summed E-state index contributed by atoms with van der Waals surface area (Å²) in [5.41, 5.74) is 0.495. The fraction of sp³-hybridized carbons (Fsp3) is 0.375. The van der Waals surface area contributed by atoms with Gasteiger partial charge in [0, 0.05) is 13.2 Å². The lowest BCUT2D eigenvalue weighted by atomic mass is 10.1. The third-order valence-corrected chi connectivity index (χ3v) is 2.95. The minimum Gasteiger partial charge on any atom is -0.460 e. The molecule has 2 aromatic rings. The van der Waals surface area contributed by atoms with Gasteiger partial charge >= 0.3 is 0 Å². The molecule has 1 aromatic carbocycles. The Hall–Kier alpha value is -1.65. The van der Waals surface area contributed by atoms with Crippen molar-refractivity contribution in [1.29, 1.82) is 0 Å². The van der Waals surface area contributed by atoms with Gasteiger partial charge < -0.3 is 14.5 Å². The number of hydrogen-bond donors (Lipinski definition) is 1. The van der Waals surface area contributed by atoms with Gasteiger partial charge in [0.2, 0.25) is 0 Å². The van der Waals surface area contributed by atoms with Crippen LogP contribution in [0.5, 0.6) is 0 Å². The predicted molar refractivity (Wildman–Crippen MR) is 76.9 cm³/mol. The number of nitrogens with one attached hydrogen (secondary N) is 1. The fourth-order valence-corrected chi connectivity index (χ4v) is 1.93. The maximum absolute atomic E-state index is 13.6. The van der Waals surface area contributed by atoms with E-state index in [0.717, 1.165) is 31.9 Å². The molecule has 1 aromatic heterocycles. The number of benzene rings is 1. The molecular weight excluding hydrogens is 257 g/mol. The Kier molecular flexibility index (Phi) is 5.77. The molecule has 0 fully saturated rings. The quantitative estimate of drug-likeness (QED) is 0.749. The molecule has 0 aliphatic rings. The summed E-state index contributed by atoms with van der Waals surface area (Å²) in [5.74, 6) is 1.10. The van der Waals surface area contributed by atoms with Gasteiger partial charge in [0.25, 0.3) is 0 Å². The van der Waals surface area contributed by atoms with E-state index in [0.29, 0.717) is 17.9 Å². The van der Waals surface area contributed by atoms with Crippen molar-refractivity contribution in [2.45, 2.75) is 19.9 Å². The number of furan rings is 1. The van der Waals surface area contributed by atoms with E-state index in [9.17, 15) is 4.39 Å². The Morgan fingerprint density at radius 2 is 2.05 bits per heavy atom. The lowest BCUT2D eigenvalue weighted by Crippen LogP contribution is -2.15. The normalized spacial score (nSPS) is 10.9. The van der Waals surface area contributed by atoms with Gasteiger partial charge in [-0.15, -0.1) is 0 Å². The van der Waals surface area contributed by atoms with Crippen LogP contribution in [0, 0.1) is 5.82 Å². The predicted octanol–water partition coefficient (Wildman–Crippen LogP) is 3.60. The molecule has 108 valence electrons. The van der Waals surface area contributed by atoms with Crippen LogP contribution in [0.3, 0.4) is 0 Å². The Morgan fingerprint density at radius 1 is 1.20 bits per heavy atom. The van der Waals surface area contributed by atoms with Crippen LogP contribution in [-0.2, 0) is 11.3 Å². The maximum atomic E-state index is 13.6. The highest BCUT2D eigenvalue weighted by molar-refractivity contribution is 5.58. The minimum atomic E-state index is -0.266. The van der Waals surface area contributed by atoms with Crippen molar-refractivity contribution >= 4 is 0 Å². The van der Waals surface area contributed by atoms with Gasteiger partial charge in [-0.2, -0.15) is 0 Å². The largest absolute Gasteiger partial charge is 0.460 e. The second-order valence-corrected chi connectivity index (χ2v) is 4.47. The second-order valence-electron chi connectivity index (χ2n) is 4.47. The van der Waals surface area contributed by atoms with Crippen LogP contribution < -0.4 is 5.32 Å². The molecule has 0 saturated heterocycles. The first kappa shape index (κ1) is 14.8. The second kappa shape index (κ2) is 7.82. The van der Waals surface area contributed by atoms with E-state index in [-0.39, 0.29) is 5.82 Å². The van der Waals surface area contributed by atoms with Gasteiger partial charge in [-0.3, -0.25) is 0 Å². The first-order chi connectivity index (χ1) is 9.81. The third-order valence-electron chi connectivity index (χ3n) is 2.95. The van der Waals surface area contributed by atoms with Crippen molar-refractivity contribution in [1.82, 2.24) is 5.32 Å². The lowest BCUT2D eigenvalue weighted by Gasteiger charge is -2.03. The molecule has 0 aliphatic heterocycles. The molecule has 0 spiro atoms. The molecular formula is C16H20FNO2. The van der Waals surface area contributed by atoms with Crippen molar-refractivity contribution < 1.29 is 13.5 Å². The summed E-state index contributed by atoms with van der Waals surface area (Å²) in [4.78, 5) is 0. The van der Waals surface area contributed by atoms with E-state index < -0.39 is 0 Å². The van der Waals surface area contributed by atoms with E-state index in [2.05, 4.69) is 5.32 Å².